The molecule has 2 rings (SSSR count). The van der Waals surface area contributed by atoms with Gasteiger partial charge in [0.2, 0.25) is 5.91 Å². The molecule has 2 aromatic carbocycles. The molecule has 0 aromatic heterocycles. The van der Waals surface area contributed by atoms with Crippen molar-refractivity contribution in [3.8, 4) is 11.5 Å². The Morgan fingerprint density at radius 1 is 1.17 bits per heavy atom. The number of carbonyl (C=O) groups is 1. The van der Waals surface area contributed by atoms with Gasteiger partial charge in [-0.25, -0.2) is 0 Å². The van der Waals surface area contributed by atoms with Gasteiger partial charge in [-0.15, -0.1) is 0 Å². The van der Waals surface area contributed by atoms with E-state index in [9.17, 15) is 4.79 Å². The van der Waals surface area contributed by atoms with Crippen molar-refractivity contribution in [1.82, 2.24) is 4.90 Å². The number of hydrogen-bond acceptors (Lipinski definition) is 4. The maximum Gasteiger partial charge on any atom is 0.238 e. The number of rotatable bonds is 8. The minimum absolute atomic E-state index is 0.0746. The quantitative estimate of drug-likeness (QED) is 0.747. The number of anilines is 1. The van der Waals surface area contributed by atoms with E-state index in [1.54, 1.807) is 13.2 Å². The minimum atomic E-state index is -0.0746. The predicted octanol–water partition coefficient (Wildman–Crippen LogP) is 3.41. The number of methoxy groups -OCH3 is 1. The first kappa shape index (κ1) is 18.3. The van der Waals surface area contributed by atoms with Crippen LogP contribution in [-0.2, 0) is 4.79 Å². The monoisotopic (exact) mass is 392 g/mol. The van der Waals surface area contributed by atoms with Gasteiger partial charge in [-0.05, 0) is 43.4 Å². The lowest BCUT2D eigenvalue weighted by molar-refractivity contribution is -0.117. The second-order valence-corrected chi connectivity index (χ2v) is 6.24. The highest BCUT2D eigenvalue weighted by Gasteiger charge is 2.07. The van der Waals surface area contributed by atoms with Crippen LogP contribution in [0.4, 0.5) is 5.69 Å². The number of nitrogens with one attached hydrogen (secondary N) is 1. The van der Waals surface area contributed by atoms with Crippen LogP contribution in [0.15, 0.2) is 53.0 Å². The summed E-state index contributed by atoms with van der Waals surface area (Å²) < 4.78 is 11.8. The highest BCUT2D eigenvalue weighted by molar-refractivity contribution is 9.10. The highest BCUT2D eigenvalue weighted by atomic mass is 79.9. The average molecular weight is 393 g/mol. The summed E-state index contributed by atoms with van der Waals surface area (Å²) in [5.41, 5.74) is 0.721. The Hall–Kier alpha value is -2.05. The third-order valence-electron chi connectivity index (χ3n) is 3.32. The van der Waals surface area contributed by atoms with Crippen LogP contribution in [-0.4, -0.2) is 44.7 Å². The van der Waals surface area contributed by atoms with E-state index in [4.69, 9.17) is 9.47 Å². The molecular weight excluding hydrogens is 372 g/mol. The van der Waals surface area contributed by atoms with E-state index in [0.717, 1.165) is 15.9 Å². The molecular formula is C18H21BrN2O3. The van der Waals surface area contributed by atoms with Crippen LogP contribution < -0.4 is 14.8 Å². The molecule has 2 aromatic rings. The second kappa shape index (κ2) is 9.30. The molecule has 0 unspecified atom stereocenters. The van der Waals surface area contributed by atoms with Gasteiger partial charge in [0.15, 0.2) is 0 Å². The number of ether oxygens (including phenoxy) is 2. The summed E-state index contributed by atoms with van der Waals surface area (Å²) >= 11 is 3.38. The third-order valence-corrected chi connectivity index (χ3v) is 3.85. The summed E-state index contributed by atoms with van der Waals surface area (Å²) in [6, 6.07) is 15.0. The van der Waals surface area contributed by atoms with E-state index >= 15 is 0 Å². The molecule has 1 N–H and O–H groups in total. The fraction of sp³-hybridized carbons (Fsp3) is 0.278. The second-order valence-electron chi connectivity index (χ2n) is 5.32. The lowest BCUT2D eigenvalue weighted by Gasteiger charge is -2.17. The molecule has 0 heterocycles. The first-order valence-corrected chi connectivity index (χ1v) is 8.37. The van der Waals surface area contributed by atoms with Gasteiger partial charge in [0.1, 0.15) is 18.1 Å². The zero-order valence-corrected chi connectivity index (χ0v) is 15.4. The predicted molar refractivity (Wildman–Crippen MR) is 98.8 cm³/mol. The number of halogens is 1. The summed E-state index contributed by atoms with van der Waals surface area (Å²) in [5, 5.41) is 2.86. The van der Waals surface area contributed by atoms with Gasteiger partial charge < -0.3 is 14.8 Å². The van der Waals surface area contributed by atoms with E-state index in [2.05, 4.69) is 21.2 Å². The smallest absolute Gasteiger partial charge is 0.238 e. The summed E-state index contributed by atoms with van der Waals surface area (Å²) in [6.45, 7) is 1.47. The number of carbonyl (C=O) groups excluding carboxylic acids is 1. The van der Waals surface area contributed by atoms with Crippen LogP contribution in [0.5, 0.6) is 11.5 Å². The number of benzene rings is 2. The average Bonchev–Trinajstić information content (AvgIpc) is 2.56. The number of hydrogen-bond donors (Lipinski definition) is 1. The van der Waals surface area contributed by atoms with Gasteiger partial charge >= 0.3 is 0 Å². The van der Waals surface area contributed by atoms with Gasteiger partial charge in [0.05, 0.1) is 13.7 Å². The van der Waals surface area contributed by atoms with Crippen LogP contribution in [0.2, 0.25) is 0 Å². The molecule has 0 atom stereocenters. The zero-order chi connectivity index (χ0) is 17.4. The van der Waals surface area contributed by atoms with Crippen LogP contribution >= 0.6 is 15.9 Å². The molecule has 0 aliphatic heterocycles. The van der Waals surface area contributed by atoms with Crippen molar-refractivity contribution in [3.63, 3.8) is 0 Å². The van der Waals surface area contributed by atoms with Crippen molar-refractivity contribution in [2.75, 3.05) is 39.2 Å². The molecule has 128 valence electrons. The van der Waals surface area contributed by atoms with Crippen molar-refractivity contribution < 1.29 is 14.3 Å². The number of amides is 1. The SMILES string of the molecule is COc1cccc(NC(=O)CN(C)CCOc2ccc(Br)cc2)c1. The Kier molecular flexibility index (Phi) is 7.08. The molecule has 0 saturated carbocycles. The Labute approximate surface area is 150 Å². The summed E-state index contributed by atoms with van der Waals surface area (Å²) in [6.07, 6.45) is 0. The molecule has 5 nitrogen and oxygen atoms in total. The first-order valence-electron chi connectivity index (χ1n) is 7.57. The standard InChI is InChI=1S/C18H21BrN2O3/c1-21(10-11-24-16-8-6-14(19)7-9-16)13-18(22)20-15-4-3-5-17(12-15)23-2/h3-9,12H,10-11,13H2,1-2H3,(H,20,22). The molecule has 0 fully saturated rings. The maximum atomic E-state index is 12.1. The molecule has 0 aliphatic rings. The fourth-order valence-corrected chi connectivity index (χ4v) is 2.34. The first-order chi connectivity index (χ1) is 11.6. The van der Waals surface area contributed by atoms with Gasteiger partial charge in [0.25, 0.3) is 0 Å². The largest absolute Gasteiger partial charge is 0.497 e. The molecule has 6 heteroatoms. The summed E-state index contributed by atoms with van der Waals surface area (Å²) in [5.74, 6) is 1.45. The lowest BCUT2D eigenvalue weighted by Crippen LogP contribution is -2.33. The zero-order valence-electron chi connectivity index (χ0n) is 13.8. The minimum Gasteiger partial charge on any atom is -0.497 e. The normalized spacial score (nSPS) is 10.5. The molecule has 0 spiro atoms. The molecule has 1 amide bonds. The maximum absolute atomic E-state index is 12.1. The fourth-order valence-electron chi connectivity index (χ4n) is 2.08. The van der Waals surface area contributed by atoms with E-state index in [0.29, 0.717) is 25.4 Å². The Balaban J connectivity index is 1.72. The Morgan fingerprint density at radius 2 is 1.92 bits per heavy atom. The van der Waals surface area contributed by atoms with Crippen LogP contribution in [0, 0.1) is 0 Å². The van der Waals surface area contributed by atoms with Crippen molar-refractivity contribution in [2.45, 2.75) is 0 Å². The molecule has 0 aliphatic carbocycles. The summed E-state index contributed by atoms with van der Waals surface area (Å²) in [7, 11) is 3.48. The summed E-state index contributed by atoms with van der Waals surface area (Å²) in [4.78, 5) is 14.0. The van der Waals surface area contributed by atoms with Crippen LogP contribution in [0.25, 0.3) is 0 Å². The van der Waals surface area contributed by atoms with E-state index in [-0.39, 0.29) is 5.91 Å². The van der Waals surface area contributed by atoms with E-state index in [1.165, 1.54) is 0 Å². The van der Waals surface area contributed by atoms with E-state index < -0.39 is 0 Å². The molecule has 0 bridgehead atoms. The van der Waals surface area contributed by atoms with Crippen molar-refractivity contribution in [1.29, 1.82) is 0 Å². The van der Waals surface area contributed by atoms with Crippen LogP contribution in [0.3, 0.4) is 0 Å². The van der Waals surface area contributed by atoms with Crippen molar-refractivity contribution in [2.24, 2.45) is 0 Å². The van der Waals surface area contributed by atoms with Gasteiger partial charge in [-0.3, -0.25) is 9.69 Å². The highest BCUT2D eigenvalue weighted by Crippen LogP contribution is 2.17. The van der Waals surface area contributed by atoms with Crippen molar-refractivity contribution >= 4 is 27.5 Å². The van der Waals surface area contributed by atoms with Crippen molar-refractivity contribution in [3.05, 3.63) is 53.0 Å². The topological polar surface area (TPSA) is 50.8 Å². The Bertz CT molecular complexity index is 662. The number of nitrogens with zero attached hydrogens (tertiary/aromatic N) is 1. The lowest BCUT2D eigenvalue weighted by atomic mass is 10.3. The third kappa shape index (κ3) is 6.22. The molecule has 0 saturated heterocycles. The Morgan fingerprint density at radius 3 is 2.62 bits per heavy atom. The van der Waals surface area contributed by atoms with E-state index in [1.807, 2.05) is 54.4 Å². The van der Waals surface area contributed by atoms with Crippen LogP contribution in [0.1, 0.15) is 0 Å². The number of likely N-dealkylation sites (N-methyl/N-ethyl adjacent to an activating group) is 1. The molecule has 24 heavy (non-hydrogen) atoms. The van der Waals surface area contributed by atoms with Gasteiger partial charge in [-0.1, -0.05) is 22.0 Å². The molecule has 0 radical (unpaired) electrons. The van der Waals surface area contributed by atoms with Gasteiger partial charge in [-0.2, -0.15) is 0 Å². The van der Waals surface area contributed by atoms with Gasteiger partial charge in [0, 0.05) is 22.8 Å².